The molecule has 1 unspecified atom stereocenters. The Hall–Kier alpha value is -0.310. The quantitative estimate of drug-likeness (QED) is 0.775. The molecule has 2 rings (SSSR count). The number of hydrogen-bond donors (Lipinski definition) is 1. The Morgan fingerprint density at radius 3 is 2.44 bits per heavy atom. The summed E-state index contributed by atoms with van der Waals surface area (Å²) in [5.74, 6) is -0.281. The molecule has 1 aromatic rings. The van der Waals surface area contributed by atoms with Crippen molar-refractivity contribution in [2.24, 2.45) is 5.41 Å². The maximum atomic E-state index is 14.1. The molecule has 1 fully saturated rings. The minimum atomic E-state index is -0.281. The summed E-state index contributed by atoms with van der Waals surface area (Å²) in [6.45, 7) is 2.19. The van der Waals surface area contributed by atoms with Crippen molar-refractivity contribution in [3.63, 3.8) is 0 Å². The van der Waals surface area contributed by atoms with E-state index >= 15 is 0 Å². The van der Waals surface area contributed by atoms with E-state index in [2.05, 4.69) is 12.2 Å². The zero-order valence-electron chi connectivity index (χ0n) is 10.7. The zero-order valence-corrected chi connectivity index (χ0v) is 12.2. The third kappa shape index (κ3) is 2.38. The molecule has 1 nitrogen and oxygen atoms in total. The Morgan fingerprint density at radius 1 is 1.28 bits per heavy atom. The molecule has 1 aliphatic carbocycles. The molecule has 0 bridgehead atoms. The Labute approximate surface area is 118 Å². The van der Waals surface area contributed by atoms with Crippen LogP contribution >= 0.6 is 23.2 Å². The van der Waals surface area contributed by atoms with Crippen molar-refractivity contribution in [1.82, 2.24) is 5.32 Å². The van der Waals surface area contributed by atoms with Gasteiger partial charge in [-0.3, -0.25) is 0 Å². The van der Waals surface area contributed by atoms with Gasteiger partial charge in [0.2, 0.25) is 0 Å². The first-order valence-electron chi connectivity index (χ1n) is 6.30. The van der Waals surface area contributed by atoms with Crippen molar-refractivity contribution in [2.75, 3.05) is 7.05 Å². The fourth-order valence-corrected chi connectivity index (χ4v) is 3.55. The molecular formula is C14H18Cl2FN. The summed E-state index contributed by atoms with van der Waals surface area (Å²) in [7, 11) is 1.85. The summed E-state index contributed by atoms with van der Waals surface area (Å²) in [6.07, 6.45) is 4.55. The largest absolute Gasteiger partial charge is 0.312 e. The van der Waals surface area contributed by atoms with Crippen LogP contribution in [0.15, 0.2) is 12.1 Å². The van der Waals surface area contributed by atoms with Crippen LogP contribution in [0.4, 0.5) is 4.39 Å². The van der Waals surface area contributed by atoms with Crippen LogP contribution in [0, 0.1) is 11.2 Å². The Bertz CT molecular complexity index is 442. The fraction of sp³-hybridized carbons (Fsp3) is 0.571. The molecule has 1 N–H and O–H groups in total. The third-order valence-corrected chi connectivity index (χ3v) is 4.92. The minimum absolute atomic E-state index is 0.0455. The molecule has 0 aliphatic heterocycles. The number of hydrogen-bond acceptors (Lipinski definition) is 1. The van der Waals surface area contributed by atoms with Crippen molar-refractivity contribution >= 4 is 23.2 Å². The maximum absolute atomic E-state index is 14.1. The number of nitrogens with one attached hydrogen (secondary N) is 1. The molecule has 0 saturated heterocycles. The van der Waals surface area contributed by atoms with Gasteiger partial charge in [0.1, 0.15) is 5.82 Å². The van der Waals surface area contributed by atoms with E-state index in [-0.39, 0.29) is 17.3 Å². The highest BCUT2D eigenvalue weighted by Crippen LogP contribution is 2.49. The van der Waals surface area contributed by atoms with Gasteiger partial charge in [0.05, 0.1) is 10.0 Å². The Balaban J connectivity index is 2.48. The first-order valence-corrected chi connectivity index (χ1v) is 7.06. The van der Waals surface area contributed by atoms with E-state index in [4.69, 9.17) is 23.2 Å². The highest BCUT2D eigenvalue weighted by Gasteiger charge is 2.39. The van der Waals surface area contributed by atoms with Crippen LogP contribution in [-0.4, -0.2) is 7.05 Å². The topological polar surface area (TPSA) is 12.0 Å². The number of halogens is 3. The molecule has 1 saturated carbocycles. The maximum Gasteiger partial charge on any atom is 0.129 e. The van der Waals surface area contributed by atoms with Crippen LogP contribution in [-0.2, 0) is 0 Å². The Morgan fingerprint density at radius 2 is 1.89 bits per heavy atom. The number of rotatable bonds is 3. The van der Waals surface area contributed by atoms with Crippen LogP contribution in [0.2, 0.25) is 10.0 Å². The standard InChI is InChI=1S/C14H18Cl2FN/c1-14(7-3-4-8-14)13(18-2)11-10(17)6-5-9(15)12(11)16/h5-6,13,18H,3-4,7-8H2,1-2H3. The van der Waals surface area contributed by atoms with Gasteiger partial charge in [-0.15, -0.1) is 0 Å². The highest BCUT2D eigenvalue weighted by molar-refractivity contribution is 6.42. The summed E-state index contributed by atoms with van der Waals surface area (Å²) < 4.78 is 14.1. The summed E-state index contributed by atoms with van der Waals surface area (Å²) in [6, 6.07) is 2.81. The average molecular weight is 290 g/mol. The molecule has 18 heavy (non-hydrogen) atoms. The van der Waals surface area contributed by atoms with Gasteiger partial charge < -0.3 is 5.32 Å². The predicted octanol–water partition coefficient (Wildman–Crippen LogP) is 4.97. The van der Waals surface area contributed by atoms with E-state index in [1.165, 1.54) is 25.0 Å². The third-order valence-electron chi connectivity index (χ3n) is 4.10. The van der Waals surface area contributed by atoms with Crippen LogP contribution in [0.3, 0.4) is 0 Å². The van der Waals surface area contributed by atoms with Gasteiger partial charge in [-0.25, -0.2) is 4.39 Å². The Kier molecular flexibility index (Phi) is 4.20. The van der Waals surface area contributed by atoms with Crippen molar-refractivity contribution in [3.8, 4) is 0 Å². The van der Waals surface area contributed by atoms with Crippen molar-refractivity contribution in [3.05, 3.63) is 33.6 Å². The highest BCUT2D eigenvalue weighted by atomic mass is 35.5. The van der Waals surface area contributed by atoms with Gasteiger partial charge in [-0.2, -0.15) is 0 Å². The molecule has 100 valence electrons. The van der Waals surface area contributed by atoms with Gasteiger partial charge in [-0.05, 0) is 37.4 Å². The van der Waals surface area contributed by atoms with Crippen LogP contribution in [0.5, 0.6) is 0 Å². The smallest absolute Gasteiger partial charge is 0.129 e. The van der Waals surface area contributed by atoms with Gasteiger partial charge >= 0.3 is 0 Å². The van der Waals surface area contributed by atoms with Crippen molar-refractivity contribution in [1.29, 1.82) is 0 Å². The molecular weight excluding hydrogens is 272 g/mol. The second kappa shape index (κ2) is 5.36. The van der Waals surface area contributed by atoms with Crippen molar-refractivity contribution < 1.29 is 4.39 Å². The minimum Gasteiger partial charge on any atom is -0.312 e. The van der Waals surface area contributed by atoms with E-state index in [9.17, 15) is 4.39 Å². The molecule has 0 heterocycles. The summed E-state index contributed by atoms with van der Waals surface area (Å²) in [4.78, 5) is 0. The normalized spacial score (nSPS) is 20.1. The van der Waals surface area contributed by atoms with Crippen LogP contribution < -0.4 is 5.32 Å². The first kappa shape index (κ1) is 14.1. The van der Waals surface area contributed by atoms with Crippen LogP contribution in [0.25, 0.3) is 0 Å². The summed E-state index contributed by atoms with van der Waals surface area (Å²) in [5.41, 5.74) is 0.556. The molecule has 0 radical (unpaired) electrons. The van der Waals surface area contributed by atoms with E-state index < -0.39 is 0 Å². The van der Waals surface area contributed by atoms with E-state index in [0.29, 0.717) is 15.6 Å². The summed E-state index contributed by atoms with van der Waals surface area (Å²) in [5, 5.41) is 3.98. The summed E-state index contributed by atoms with van der Waals surface area (Å²) >= 11 is 12.2. The van der Waals surface area contributed by atoms with Gasteiger partial charge in [-0.1, -0.05) is 43.0 Å². The lowest BCUT2D eigenvalue weighted by atomic mass is 9.77. The second-order valence-electron chi connectivity index (χ2n) is 5.34. The lowest BCUT2D eigenvalue weighted by Gasteiger charge is -2.35. The molecule has 1 aliphatic rings. The predicted molar refractivity (Wildman–Crippen MR) is 74.8 cm³/mol. The lowest BCUT2D eigenvalue weighted by molar-refractivity contribution is 0.229. The second-order valence-corrected chi connectivity index (χ2v) is 6.12. The van der Waals surface area contributed by atoms with Crippen LogP contribution in [0.1, 0.15) is 44.2 Å². The molecule has 0 spiro atoms. The van der Waals surface area contributed by atoms with E-state index in [1.54, 1.807) is 0 Å². The SMILES string of the molecule is CNC(c1c(F)ccc(Cl)c1Cl)C1(C)CCCC1. The van der Waals surface area contributed by atoms with Gasteiger partial charge in [0, 0.05) is 11.6 Å². The fourth-order valence-electron chi connectivity index (χ4n) is 3.12. The molecule has 0 aromatic heterocycles. The molecule has 0 amide bonds. The first-order chi connectivity index (χ1) is 8.49. The van der Waals surface area contributed by atoms with Gasteiger partial charge in [0.15, 0.2) is 0 Å². The zero-order chi connectivity index (χ0) is 13.3. The molecule has 1 atom stereocenters. The number of benzene rings is 1. The van der Waals surface area contributed by atoms with E-state index in [0.717, 1.165) is 12.8 Å². The molecule has 1 aromatic carbocycles. The van der Waals surface area contributed by atoms with E-state index in [1.807, 2.05) is 7.05 Å². The monoisotopic (exact) mass is 289 g/mol. The molecule has 4 heteroatoms. The lowest BCUT2D eigenvalue weighted by Crippen LogP contribution is -2.33. The van der Waals surface area contributed by atoms with Gasteiger partial charge in [0.25, 0.3) is 0 Å². The van der Waals surface area contributed by atoms with Crippen molar-refractivity contribution in [2.45, 2.75) is 38.6 Å². The average Bonchev–Trinajstić information content (AvgIpc) is 2.77.